The molecule has 1 aliphatic rings. The van der Waals surface area contributed by atoms with Gasteiger partial charge in [-0.3, -0.25) is 4.90 Å². The molecule has 1 fully saturated rings. The van der Waals surface area contributed by atoms with Gasteiger partial charge in [0.2, 0.25) is 11.7 Å². The highest BCUT2D eigenvalue weighted by Gasteiger charge is 2.24. The van der Waals surface area contributed by atoms with Crippen molar-refractivity contribution >= 4 is 0 Å². The topological polar surface area (TPSA) is 54.2 Å². The molecular formula is C14H17FN4O. The van der Waals surface area contributed by atoms with Gasteiger partial charge in [-0.15, -0.1) is 0 Å². The van der Waals surface area contributed by atoms with Gasteiger partial charge in [-0.05, 0) is 30.8 Å². The molecule has 5 nitrogen and oxygen atoms in total. The van der Waals surface area contributed by atoms with Crippen molar-refractivity contribution in [2.24, 2.45) is 0 Å². The van der Waals surface area contributed by atoms with Gasteiger partial charge in [-0.1, -0.05) is 12.1 Å². The maximum absolute atomic E-state index is 12.9. The molecule has 1 N–H and O–H groups in total. The number of likely N-dealkylation sites (N-methyl/N-ethyl adjacent to an activating group) is 1. The molecular weight excluding hydrogens is 259 g/mol. The number of hydrogen-bond acceptors (Lipinski definition) is 5. The molecule has 0 spiro atoms. The predicted octanol–water partition coefficient (Wildman–Crippen LogP) is 1.67. The summed E-state index contributed by atoms with van der Waals surface area (Å²) >= 11 is 0. The molecule has 106 valence electrons. The molecule has 3 rings (SSSR count). The SMILES string of the molecule is CCN(Cc1nc(-c2ccc(F)cc2)no1)C1CNC1. The van der Waals surface area contributed by atoms with Crippen molar-refractivity contribution in [1.29, 1.82) is 0 Å². The molecule has 2 heterocycles. The van der Waals surface area contributed by atoms with E-state index in [2.05, 4.69) is 27.3 Å². The zero-order valence-corrected chi connectivity index (χ0v) is 11.3. The first-order chi connectivity index (χ1) is 9.76. The first kappa shape index (κ1) is 13.2. The van der Waals surface area contributed by atoms with Crippen LogP contribution >= 0.6 is 0 Å². The Hall–Kier alpha value is -1.79. The monoisotopic (exact) mass is 276 g/mol. The highest BCUT2D eigenvalue weighted by atomic mass is 19.1. The van der Waals surface area contributed by atoms with Crippen molar-refractivity contribution in [1.82, 2.24) is 20.4 Å². The predicted molar refractivity (Wildman–Crippen MR) is 72.4 cm³/mol. The van der Waals surface area contributed by atoms with Gasteiger partial charge in [0, 0.05) is 24.7 Å². The van der Waals surface area contributed by atoms with E-state index in [0.29, 0.717) is 24.3 Å². The van der Waals surface area contributed by atoms with Crippen molar-refractivity contribution in [3.05, 3.63) is 36.0 Å². The van der Waals surface area contributed by atoms with Gasteiger partial charge in [-0.2, -0.15) is 4.98 Å². The fourth-order valence-electron chi connectivity index (χ4n) is 2.24. The van der Waals surface area contributed by atoms with Crippen molar-refractivity contribution < 1.29 is 8.91 Å². The fraction of sp³-hybridized carbons (Fsp3) is 0.429. The highest BCUT2D eigenvalue weighted by molar-refractivity contribution is 5.53. The first-order valence-electron chi connectivity index (χ1n) is 6.79. The second-order valence-electron chi connectivity index (χ2n) is 4.89. The third-order valence-corrected chi connectivity index (χ3v) is 3.59. The molecule has 1 aliphatic heterocycles. The average Bonchev–Trinajstić information content (AvgIpc) is 2.85. The zero-order chi connectivity index (χ0) is 13.9. The second kappa shape index (κ2) is 5.68. The van der Waals surface area contributed by atoms with Crippen molar-refractivity contribution in [2.45, 2.75) is 19.5 Å². The normalized spacial score (nSPS) is 15.6. The molecule has 0 amide bonds. The molecule has 1 saturated heterocycles. The molecule has 6 heteroatoms. The number of benzene rings is 1. The van der Waals surface area contributed by atoms with Crippen LogP contribution < -0.4 is 5.32 Å². The number of hydrogen-bond donors (Lipinski definition) is 1. The number of rotatable bonds is 5. The lowest BCUT2D eigenvalue weighted by molar-refractivity contribution is 0.129. The van der Waals surface area contributed by atoms with Crippen molar-refractivity contribution in [2.75, 3.05) is 19.6 Å². The van der Waals surface area contributed by atoms with Gasteiger partial charge >= 0.3 is 0 Å². The Bertz CT molecular complexity index is 565. The molecule has 1 aromatic heterocycles. The quantitative estimate of drug-likeness (QED) is 0.900. The van der Waals surface area contributed by atoms with E-state index in [-0.39, 0.29) is 5.82 Å². The van der Waals surface area contributed by atoms with E-state index in [1.165, 1.54) is 12.1 Å². The summed E-state index contributed by atoms with van der Waals surface area (Å²) in [5.41, 5.74) is 0.759. The van der Waals surface area contributed by atoms with E-state index >= 15 is 0 Å². The summed E-state index contributed by atoms with van der Waals surface area (Å²) in [5.74, 6) is 0.827. The summed E-state index contributed by atoms with van der Waals surface area (Å²) in [6, 6.07) is 6.63. The van der Waals surface area contributed by atoms with Crippen molar-refractivity contribution in [3.8, 4) is 11.4 Å². The van der Waals surface area contributed by atoms with Gasteiger partial charge in [0.1, 0.15) is 5.82 Å². The minimum atomic E-state index is -0.271. The van der Waals surface area contributed by atoms with Crippen LogP contribution in [-0.2, 0) is 6.54 Å². The number of halogens is 1. The molecule has 0 saturated carbocycles. The highest BCUT2D eigenvalue weighted by Crippen LogP contribution is 2.17. The van der Waals surface area contributed by atoms with E-state index in [4.69, 9.17) is 4.52 Å². The minimum absolute atomic E-state index is 0.271. The summed E-state index contributed by atoms with van der Waals surface area (Å²) in [4.78, 5) is 6.68. The molecule has 0 bridgehead atoms. The number of aromatic nitrogens is 2. The van der Waals surface area contributed by atoms with Crippen LogP contribution in [-0.4, -0.2) is 40.7 Å². The molecule has 0 aliphatic carbocycles. The Morgan fingerprint density at radius 2 is 2.10 bits per heavy atom. The van der Waals surface area contributed by atoms with E-state index in [1.54, 1.807) is 12.1 Å². The van der Waals surface area contributed by atoms with Crippen LogP contribution in [0.1, 0.15) is 12.8 Å². The first-order valence-corrected chi connectivity index (χ1v) is 6.79. The summed E-state index contributed by atoms with van der Waals surface area (Å²) in [6.07, 6.45) is 0. The van der Waals surface area contributed by atoms with Crippen LogP contribution in [0.3, 0.4) is 0 Å². The van der Waals surface area contributed by atoms with Crippen LogP contribution in [0.2, 0.25) is 0 Å². The van der Waals surface area contributed by atoms with E-state index in [0.717, 1.165) is 25.2 Å². The lowest BCUT2D eigenvalue weighted by Crippen LogP contribution is -2.56. The largest absolute Gasteiger partial charge is 0.338 e. The van der Waals surface area contributed by atoms with Crippen LogP contribution in [0.15, 0.2) is 28.8 Å². The summed E-state index contributed by atoms with van der Waals surface area (Å²) in [5, 5.41) is 7.21. The number of nitrogens with zero attached hydrogens (tertiary/aromatic N) is 3. The summed E-state index contributed by atoms with van der Waals surface area (Å²) in [7, 11) is 0. The van der Waals surface area contributed by atoms with E-state index < -0.39 is 0 Å². The van der Waals surface area contributed by atoms with Crippen LogP contribution in [0, 0.1) is 5.82 Å². The Balaban J connectivity index is 1.71. The fourth-order valence-corrected chi connectivity index (χ4v) is 2.24. The Kier molecular flexibility index (Phi) is 3.75. The molecule has 0 unspecified atom stereocenters. The second-order valence-corrected chi connectivity index (χ2v) is 4.89. The lowest BCUT2D eigenvalue weighted by atomic mass is 10.1. The zero-order valence-electron chi connectivity index (χ0n) is 11.3. The molecule has 0 radical (unpaired) electrons. The third-order valence-electron chi connectivity index (χ3n) is 3.59. The Morgan fingerprint density at radius 3 is 2.70 bits per heavy atom. The van der Waals surface area contributed by atoms with Gasteiger partial charge < -0.3 is 9.84 Å². The van der Waals surface area contributed by atoms with Crippen LogP contribution in [0.4, 0.5) is 4.39 Å². The third kappa shape index (κ3) is 2.71. The van der Waals surface area contributed by atoms with Crippen molar-refractivity contribution in [3.63, 3.8) is 0 Å². The number of nitrogens with one attached hydrogen (secondary N) is 1. The van der Waals surface area contributed by atoms with Gasteiger partial charge in [0.25, 0.3) is 0 Å². The molecule has 0 atom stereocenters. The molecule has 20 heavy (non-hydrogen) atoms. The van der Waals surface area contributed by atoms with Crippen LogP contribution in [0.5, 0.6) is 0 Å². The molecule has 1 aromatic carbocycles. The average molecular weight is 276 g/mol. The van der Waals surface area contributed by atoms with E-state index in [9.17, 15) is 4.39 Å². The Labute approximate surface area is 116 Å². The lowest BCUT2D eigenvalue weighted by Gasteiger charge is -2.36. The minimum Gasteiger partial charge on any atom is -0.338 e. The summed E-state index contributed by atoms with van der Waals surface area (Å²) < 4.78 is 18.2. The summed E-state index contributed by atoms with van der Waals surface area (Å²) in [6.45, 7) is 5.73. The van der Waals surface area contributed by atoms with Gasteiger partial charge in [0.05, 0.1) is 6.54 Å². The van der Waals surface area contributed by atoms with Gasteiger partial charge in [-0.25, -0.2) is 4.39 Å². The maximum Gasteiger partial charge on any atom is 0.241 e. The maximum atomic E-state index is 12.9. The van der Waals surface area contributed by atoms with E-state index in [1.807, 2.05) is 0 Å². The standard InChI is InChI=1S/C14H17FN4O/c1-2-19(12-7-16-8-12)9-13-17-14(18-20-13)10-3-5-11(15)6-4-10/h3-6,12,16H,2,7-9H2,1H3. The van der Waals surface area contributed by atoms with Crippen LogP contribution in [0.25, 0.3) is 11.4 Å². The van der Waals surface area contributed by atoms with Gasteiger partial charge in [0.15, 0.2) is 0 Å². The Morgan fingerprint density at radius 1 is 1.35 bits per heavy atom. The smallest absolute Gasteiger partial charge is 0.241 e. The molecule has 2 aromatic rings.